The van der Waals surface area contributed by atoms with Gasteiger partial charge in [0.2, 0.25) is 0 Å². The van der Waals surface area contributed by atoms with Crippen LogP contribution in [0.25, 0.3) is 22.0 Å². The maximum atomic E-state index is 13.0. The smallest absolute Gasteiger partial charge is 0.264 e. The average molecular weight is 428 g/mol. The summed E-state index contributed by atoms with van der Waals surface area (Å²) in [6.07, 6.45) is 1.77. The molecular formula is C22H19Cl2N3O2. The van der Waals surface area contributed by atoms with Crippen molar-refractivity contribution < 1.29 is 9.53 Å². The molecule has 148 valence electrons. The SMILES string of the molecule is O=C([C@H]1Cc2cc(Cl)cc(-c3ccnc4ccc(Cl)cc34)c2O1)N1CCNCC1. The third kappa shape index (κ3) is 3.44. The van der Waals surface area contributed by atoms with Crippen LogP contribution in [0.4, 0.5) is 0 Å². The molecule has 1 fully saturated rings. The third-order valence-corrected chi connectivity index (χ3v) is 5.95. The molecule has 0 bridgehead atoms. The van der Waals surface area contributed by atoms with Crippen LogP contribution in [0, 0.1) is 0 Å². The first-order valence-corrected chi connectivity index (χ1v) is 10.4. The minimum absolute atomic E-state index is 0.0346. The molecule has 2 aliphatic rings. The van der Waals surface area contributed by atoms with Crippen molar-refractivity contribution in [3.8, 4) is 16.9 Å². The Labute approximate surface area is 178 Å². The fourth-order valence-electron chi connectivity index (χ4n) is 4.10. The van der Waals surface area contributed by atoms with E-state index in [9.17, 15) is 4.79 Å². The van der Waals surface area contributed by atoms with Gasteiger partial charge in [-0.3, -0.25) is 9.78 Å². The Morgan fingerprint density at radius 2 is 1.90 bits per heavy atom. The summed E-state index contributed by atoms with van der Waals surface area (Å²) in [5.41, 5.74) is 3.59. The van der Waals surface area contributed by atoms with E-state index >= 15 is 0 Å². The van der Waals surface area contributed by atoms with Gasteiger partial charge in [-0.1, -0.05) is 23.2 Å². The van der Waals surface area contributed by atoms with Gasteiger partial charge >= 0.3 is 0 Å². The molecule has 0 aliphatic carbocycles. The lowest BCUT2D eigenvalue weighted by molar-refractivity contribution is -0.138. The second-order valence-electron chi connectivity index (χ2n) is 7.35. The van der Waals surface area contributed by atoms with E-state index in [1.54, 1.807) is 6.20 Å². The molecule has 1 amide bonds. The molecule has 1 N–H and O–H groups in total. The largest absolute Gasteiger partial charge is 0.479 e. The molecule has 3 heterocycles. The molecule has 0 saturated carbocycles. The number of rotatable bonds is 2. The second-order valence-corrected chi connectivity index (χ2v) is 8.22. The van der Waals surface area contributed by atoms with Gasteiger partial charge in [-0.25, -0.2) is 0 Å². The lowest BCUT2D eigenvalue weighted by Gasteiger charge is -2.29. The Hall–Kier alpha value is -2.34. The summed E-state index contributed by atoms with van der Waals surface area (Å²) in [4.78, 5) is 19.3. The van der Waals surface area contributed by atoms with E-state index < -0.39 is 6.10 Å². The Morgan fingerprint density at radius 1 is 1.07 bits per heavy atom. The van der Waals surface area contributed by atoms with Crippen LogP contribution in [0.5, 0.6) is 5.75 Å². The van der Waals surface area contributed by atoms with Crippen molar-refractivity contribution in [3.05, 3.63) is 58.2 Å². The number of benzene rings is 2. The quantitative estimate of drug-likeness (QED) is 0.672. The number of nitrogens with one attached hydrogen (secondary N) is 1. The van der Waals surface area contributed by atoms with E-state index in [-0.39, 0.29) is 5.91 Å². The van der Waals surface area contributed by atoms with Gasteiger partial charge < -0.3 is 15.0 Å². The third-order valence-electron chi connectivity index (χ3n) is 5.49. The van der Waals surface area contributed by atoms with Crippen molar-refractivity contribution in [2.45, 2.75) is 12.5 Å². The van der Waals surface area contributed by atoms with Gasteiger partial charge in [0.15, 0.2) is 6.10 Å². The van der Waals surface area contributed by atoms with Gasteiger partial charge in [0.1, 0.15) is 5.75 Å². The van der Waals surface area contributed by atoms with Gasteiger partial charge in [-0.2, -0.15) is 0 Å². The van der Waals surface area contributed by atoms with Gasteiger partial charge in [0.05, 0.1) is 5.52 Å². The van der Waals surface area contributed by atoms with E-state index in [4.69, 9.17) is 27.9 Å². The maximum absolute atomic E-state index is 13.0. The van der Waals surface area contributed by atoms with E-state index in [0.717, 1.165) is 46.4 Å². The molecular weight excluding hydrogens is 409 g/mol. The Kier molecular flexibility index (Phi) is 4.82. The minimum Gasteiger partial charge on any atom is -0.479 e. The van der Waals surface area contributed by atoms with Crippen molar-refractivity contribution in [3.63, 3.8) is 0 Å². The number of amides is 1. The first kappa shape index (κ1) is 18.7. The molecule has 0 radical (unpaired) electrons. The van der Waals surface area contributed by atoms with Crippen molar-refractivity contribution in [1.82, 2.24) is 15.2 Å². The summed E-state index contributed by atoms with van der Waals surface area (Å²) in [7, 11) is 0. The predicted octanol–water partition coefficient (Wildman–Crippen LogP) is 3.94. The van der Waals surface area contributed by atoms with Crippen molar-refractivity contribution >= 4 is 40.0 Å². The summed E-state index contributed by atoms with van der Waals surface area (Å²) >= 11 is 12.7. The average Bonchev–Trinajstić information content (AvgIpc) is 3.16. The predicted molar refractivity (Wildman–Crippen MR) is 115 cm³/mol. The molecule has 1 saturated heterocycles. The molecule has 5 nitrogen and oxygen atoms in total. The highest BCUT2D eigenvalue weighted by atomic mass is 35.5. The number of pyridine rings is 1. The molecule has 29 heavy (non-hydrogen) atoms. The second kappa shape index (κ2) is 7.48. The van der Waals surface area contributed by atoms with E-state index in [2.05, 4.69) is 10.3 Å². The topological polar surface area (TPSA) is 54.5 Å². The zero-order valence-electron chi connectivity index (χ0n) is 15.6. The Balaban J connectivity index is 1.56. The molecule has 7 heteroatoms. The molecule has 1 atom stereocenters. The van der Waals surface area contributed by atoms with Crippen LogP contribution in [0.2, 0.25) is 10.0 Å². The molecule has 0 unspecified atom stereocenters. The number of piperazine rings is 1. The highest BCUT2D eigenvalue weighted by Gasteiger charge is 2.35. The van der Waals surface area contributed by atoms with E-state index in [1.165, 1.54) is 0 Å². The standard InChI is InChI=1S/C22H19Cl2N3O2/c23-14-1-2-19-17(11-14)16(3-4-26-19)18-12-15(24)9-13-10-20(29-21(13)18)22(28)27-7-5-25-6-8-27/h1-4,9,11-12,20,25H,5-8,10H2/t20-/m1/s1. The van der Waals surface area contributed by atoms with Gasteiger partial charge in [0.25, 0.3) is 5.91 Å². The van der Waals surface area contributed by atoms with Crippen LogP contribution in [-0.2, 0) is 11.2 Å². The van der Waals surface area contributed by atoms with Crippen molar-refractivity contribution in [2.24, 2.45) is 0 Å². The fourth-order valence-corrected chi connectivity index (χ4v) is 4.52. The summed E-state index contributed by atoms with van der Waals surface area (Å²) in [6.45, 7) is 3.03. The number of ether oxygens (including phenoxy) is 1. The molecule has 0 spiro atoms. The zero-order chi connectivity index (χ0) is 20.0. The van der Waals surface area contributed by atoms with Gasteiger partial charge in [-0.15, -0.1) is 0 Å². The van der Waals surface area contributed by atoms with Crippen LogP contribution in [0.15, 0.2) is 42.6 Å². The number of nitrogens with zero attached hydrogens (tertiary/aromatic N) is 2. The highest BCUT2D eigenvalue weighted by Crippen LogP contribution is 2.43. The number of carbonyl (C=O) groups is 1. The monoisotopic (exact) mass is 427 g/mol. The van der Waals surface area contributed by atoms with Crippen LogP contribution >= 0.6 is 23.2 Å². The lowest BCUT2D eigenvalue weighted by atomic mass is 9.97. The van der Waals surface area contributed by atoms with Crippen LogP contribution in [0.1, 0.15) is 5.56 Å². The Morgan fingerprint density at radius 3 is 2.72 bits per heavy atom. The van der Waals surface area contributed by atoms with Crippen molar-refractivity contribution in [2.75, 3.05) is 26.2 Å². The molecule has 5 rings (SSSR count). The van der Waals surface area contributed by atoms with E-state index in [0.29, 0.717) is 29.6 Å². The van der Waals surface area contributed by atoms with Crippen LogP contribution in [0.3, 0.4) is 0 Å². The summed E-state index contributed by atoms with van der Waals surface area (Å²) in [6, 6.07) is 11.3. The molecule has 2 aromatic carbocycles. The minimum atomic E-state index is -0.517. The normalized spacial score (nSPS) is 18.6. The number of halogens is 2. The van der Waals surface area contributed by atoms with E-state index in [1.807, 2.05) is 41.3 Å². The van der Waals surface area contributed by atoms with Crippen LogP contribution < -0.4 is 10.1 Å². The number of hydrogen-bond acceptors (Lipinski definition) is 4. The molecule has 1 aromatic heterocycles. The first-order valence-electron chi connectivity index (χ1n) is 9.63. The lowest BCUT2D eigenvalue weighted by Crippen LogP contribution is -2.50. The van der Waals surface area contributed by atoms with Crippen LogP contribution in [-0.4, -0.2) is 48.1 Å². The summed E-state index contributed by atoms with van der Waals surface area (Å²) < 4.78 is 6.22. The number of fused-ring (bicyclic) bond motifs is 2. The number of hydrogen-bond donors (Lipinski definition) is 1. The Bertz CT molecular complexity index is 1110. The molecule has 3 aromatic rings. The van der Waals surface area contributed by atoms with Gasteiger partial charge in [0, 0.05) is 65.4 Å². The zero-order valence-corrected chi connectivity index (χ0v) is 17.1. The van der Waals surface area contributed by atoms with Crippen molar-refractivity contribution in [1.29, 1.82) is 0 Å². The number of aromatic nitrogens is 1. The molecule has 2 aliphatic heterocycles. The fraction of sp³-hybridized carbons (Fsp3) is 0.273. The first-order chi connectivity index (χ1) is 14.1. The summed E-state index contributed by atoms with van der Waals surface area (Å²) in [5.74, 6) is 0.753. The maximum Gasteiger partial charge on any atom is 0.264 e. The number of carbonyl (C=O) groups excluding carboxylic acids is 1. The summed E-state index contributed by atoms with van der Waals surface area (Å²) in [5, 5.41) is 5.44. The van der Waals surface area contributed by atoms with Gasteiger partial charge in [-0.05, 0) is 42.0 Å². The highest BCUT2D eigenvalue weighted by molar-refractivity contribution is 6.32.